The van der Waals surface area contributed by atoms with Gasteiger partial charge < -0.3 is 29.7 Å². The normalized spacial score (nSPS) is 19.5. The van der Waals surface area contributed by atoms with Crippen molar-refractivity contribution < 1.29 is 32.6 Å². The maximum absolute atomic E-state index is 14.5. The van der Waals surface area contributed by atoms with Gasteiger partial charge in [-0.3, -0.25) is 9.52 Å². The number of rotatable bonds is 8. The largest absolute Gasteiger partial charge is 0.490 e. The highest BCUT2D eigenvalue weighted by Gasteiger charge is 2.31. The second-order valence-corrected chi connectivity index (χ2v) is 15.4. The zero-order chi connectivity index (χ0) is 37.4. The van der Waals surface area contributed by atoms with Gasteiger partial charge in [0.25, 0.3) is 15.9 Å². The Balaban J connectivity index is 1.40. The molecule has 4 aromatic carbocycles. The van der Waals surface area contributed by atoms with E-state index in [4.69, 9.17) is 9.47 Å². The standard InChI is InChI=1S/C40H50N4O7S/c1-27-16-19-33(20-17-27)52(48,49)42-32-18-21-37-35(23-32)39(46)44(29(3)26-45)24-28(2)38(50-22-9-8-11-30(4)51-37)25-43(5)40(47)41-36-15-10-13-31-12-6-7-14-34(31)36/h6-7,10,12-21,23,28-30,38,42,45H,8-9,11,22,24-26H2,1-5H3,(H,41,47)/t28-,29+,30+,38-/m1/s1. The molecule has 0 saturated heterocycles. The summed E-state index contributed by atoms with van der Waals surface area (Å²) in [6.07, 6.45) is 1.60. The molecule has 4 atom stereocenters. The van der Waals surface area contributed by atoms with Gasteiger partial charge in [-0.2, -0.15) is 0 Å². The Hall–Kier alpha value is -4.65. The minimum Gasteiger partial charge on any atom is -0.490 e. The molecular formula is C40H50N4O7S. The average Bonchev–Trinajstić information content (AvgIpc) is 3.12. The van der Waals surface area contributed by atoms with Crippen LogP contribution in [0.5, 0.6) is 5.75 Å². The highest BCUT2D eigenvalue weighted by atomic mass is 32.2. The summed E-state index contributed by atoms with van der Waals surface area (Å²) < 4.78 is 41.9. The van der Waals surface area contributed by atoms with Crippen LogP contribution in [-0.4, -0.2) is 86.9 Å². The number of anilines is 2. The zero-order valence-electron chi connectivity index (χ0n) is 30.5. The summed E-state index contributed by atoms with van der Waals surface area (Å²) in [6, 6.07) is 23.9. The third kappa shape index (κ3) is 9.61. The number of aryl methyl sites for hydroxylation is 1. The lowest BCUT2D eigenvalue weighted by Gasteiger charge is -2.35. The van der Waals surface area contributed by atoms with Gasteiger partial charge >= 0.3 is 6.03 Å². The molecule has 0 saturated carbocycles. The van der Waals surface area contributed by atoms with Crippen LogP contribution in [-0.2, 0) is 14.8 Å². The SMILES string of the molecule is Cc1ccc(S(=O)(=O)Nc2ccc3c(c2)C(=O)N([C@@H](C)CO)C[C@@H](C)[C@@H](CN(C)C(=O)Nc2cccc4ccccc24)OCCCC[C@H](C)O3)cc1. The first kappa shape index (κ1) is 38.6. The first-order valence-electron chi connectivity index (χ1n) is 17.8. The van der Waals surface area contributed by atoms with Crippen molar-refractivity contribution in [2.45, 2.75) is 70.1 Å². The molecule has 0 aliphatic carbocycles. The van der Waals surface area contributed by atoms with Gasteiger partial charge in [0.15, 0.2) is 0 Å². The highest BCUT2D eigenvalue weighted by molar-refractivity contribution is 7.92. The predicted octanol–water partition coefficient (Wildman–Crippen LogP) is 6.91. The summed E-state index contributed by atoms with van der Waals surface area (Å²) in [7, 11) is -2.23. The topological polar surface area (TPSA) is 138 Å². The van der Waals surface area contributed by atoms with Crippen LogP contribution in [0.1, 0.15) is 56.0 Å². The molecule has 0 unspecified atom stereocenters. The van der Waals surface area contributed by atoms with Crippen molar-refractivity contribution in [1.82, 2.24) is 9.80 Å². The van der Waals surface area contributed by atoms with Crippen molar-refractivity contribution in [3.05, 3.63) is 96.1 Å². The van der Waals surface area contributed by atoms with E-state index in [2.05, 4.69) is 10.0 Å². The maximum atomic E-state index is 14.5. The summed E-state index contributed by atoms with van der Waals surface area (Å²) in [5, 5.41) is 15.3. The number of carbonyl (C=O) groups excluding carboxylic acids is 2. The lowest BCUT2D eigenvalue weighted by atomic mass is 10.0. The summed E-state index contributed by atoms with van der Waals surface area (Å²) >= 11 is 0. The molecule has 1 aliphatic heterocycles. The van der Waals surface area contributed by atoms with Gasteiger partial charge in [0, 0.05) is 43.7 Å². The molecule has 4 aromatic rings. The van der Waals surface area contributed by atoms with Gasteiger partial charge in [0.2, 0.25) is 0 Å². The highest BCUT2D eigenvalue weighted by Crippen LogP contribution is 2.30. The first-order chi connectivity index (χ1) is 24.9. The summed E-state index contributed by atoms with van der Waals surface area (Å²) in [5.74, 6) is -0.363. The number of amides is 3. The number of fused-ring (bicyclic) bond motifs is 2. The second kappa shape index (κ2) is 17.2. The van der Waals surface area contributed by atoms with Crippen molar-refractivity contribution >= 4 is 44.1 Å². The van der Waals surface area contributed by atoms with Crippen LogP contribution < -0.4 is 14.8 Å². The van der Waals surface area contributed by atoms with E-state index in [-0.39, 0.29) is 53.9 Å². The second-order valence-electron chi connectivity index (χ2n) is 13.8. The summed E-state index contributed by atoms with van der Waals surface area (Å²) in [4.78, 5) is 31.2. The number of nitrogens with zero attached hydrogens (tertiary/aromatic N) is 2. The van der Waals surface area contributed by atoms with Crippen molar-refractivity contribution in [2.24, 2.45) is 5.92 Å². The van der Waals surface area contributed by atoms with E-state index in [0.717, 1.165) is 29.2 Å². The number of likely N-dealkylation sites (N-methyl/N-ethyl adjacent to an activating group) is 1. The fraction of sp³-hybridized carbons (Fsp3) is 0.400. The average molecular weight is 731 g/mol. The quantitative estimate of drug-likeness (QED) is 0.179. The number of sulfonamides is 1. The number of aliphatic hydroxyl groups is 1. The van der Waals surface area contributed by atoms with Crippen LogP contribution in [0.15, 0.2) is 89.8 Å². The Labute approximate surface area is 307 Å². The van der Waals surface area contributed by atoms with Gasteiger partial charge in [-0.1, -0.05) is 61.0 Å². The van der Waals surface area contributed by atoms with Crippen molar-refractivity contribution in [2.75, 3.05) is 43.4 Å². The van der Waals surface area contributed by atoms with Gasteiger partial charge in [0.1, 0.15) is 5.75 Å². The van der Waals surface area contributed by atoms with E-state index < -0.39 is 28.1 Å². The van der Waals surface area contributed by atoms with Crippen LogP contribution >= 0.6 is 0 Å². The molecule has 0 spiro atoms. The first-order valence-corrected chi connectivity index (χ1v) is 19.3. The molecule has 1 aliphatic rings. The van der Waals surface area contributed by atoms with E-state index >= 15 is 0 Å². The zero-order valence-corrected chi connectivity index (χ0v) is 31.4. The van der Waals surface area contributed by atoms with E-state index in [0.29, 0.717) is 24.5 Å². The van der Waals surface area contributed by atoms with Gasteiger partial charge in [0.05, 0.1) is 41.0 Å². The number of hydrogen-bond acceptors (Lipinski definition) is 7. The number of nitrogens with one attached hydrogen (secondary N) is 2. The number of hydrogen-bond donors (Lipinski definition) is 3. The molecule has 0 bridgehead atoms. The molecule has 52 heavy (non-hydrogen) atoms. The minimum absolute atomic E-state index is 0.0977. The molecule has 12 heteroatoms. The van der Waals surface area contributed by atoms with Crippen LogP contribution in [0.25, 0.3) is 10.8 Å². The summed E-state index contributed by atoms with van der Waals surface area (Å²) in [6.45, 7) is 8.13. The lowest BCUT2D eigenvalue weighted by Crippen LogP contribution is -2.48. The Morgan fingerprint density at radius 1 is 1.02 bits per heavy atom. The van der Waals surface area contributed by atoms with Crippen LogP contribution in [0, 0.1) is 12.8 Å². The third-order valence-electron chi connectivity index (χ3n) is 9.47. The number of ether oxygens (including phenoxy) is 2. The van der Waals surface area contributed by atoms with E-state index in [9.17, 15) is 23.1 Å². The Bertz CT molecular complexity index is 1950. The van der Waals surface area contributed by atoms with Crippen molar-refractivity contribution in [3.63, 3.8) is 0 Å². The van der Waals surface area contributed by atoms with Gasteiger partial charge in [-0.15, -0.1) is 0 Å². The fourth-order valence-corrected chi connectivity index (χ4v) is 7.33. The molecule has 3 amide bonds. The van der Waals surface area contributed by atoms with E-state index in [1.807, 2.05) is 63.2 Å². The fourth-order valence-electron chi connectivity index (χ4n) is 6.28. The van der Waals surface area contributed by atoms with Crippen LogP contribution in [0.2, 0.25) is 0 Å². The minimum atomic E-state index is -3.94. The van der Waals surface area contributed by atoms with Crippen LogP contribution in [0.4, 0.5) is 16.2 Å². The van der Waals surface area contributed by atoms with Crippen LogP contribution in [0.3, 0.4) is 0 Å². The van der Waals surface area contributed by atoms with Crippen molar-refractivity contribution in [1.29, 1.82) is 0 Å². The van der Waals surface area contributed by atoms with Gasteiger partial charge in [-0.25, -0.2) is 13.2 Å². The predicted molar refractivity (Wildman–Crippen MR) is 204 cm³/mol. The molecule has 5 rings (SSSR count). The molecule has 3 N–H and O–H groups in total. The Morgan fingerprint density at radius 2 is 1.75 bits per heavy atom. The number of carbonyl (C=O) groups is 2. The lowest BCUT2D eigenvalue weighted by molar-refractivity contribution is -0.0115. The smallest absolute Gasteiger partial charge is 0.321 e. The van der Waals surface area contributed by atoms with E-state index in [1.165, 1.54) is 18.2 Å². The summed E-state index contributed by atoms with van der Waals surface area (Å²) in [5.41, 5.74) is 2.01. The molecular weight excluding hydrogens is 681 g/mol. The number of urea groups is 1. The molecule has 0 fully saturated rings. The third-order valence-corrected chi connectivity index (χ3v) is 10.9. The number of aliphatic hydroxyl groups excluding tert-OH is 1. The maximum Gasteiger partial charge on any atom is 0.321 e. The molecule has 11 nitrogen and oxygen atoms in total. The number of benzene rings is 4. The Kier molecular flexibility index (Phi) is 12.8. The molecule has 278 valence electrons. The molecule has 1 heterocycles. The van der Waals surface area contributed by atoms with E-state index in [1.54, 1.807) is 48.0 Å². The van der Waals surface area contributed by atoms with Gasteiger partial charge in [-0.05, 0) is 81.8 Å². The Morgan fingerprint density at radius 3 is 2.50 bits per heavy atom. The molecule has 0 aromatic heterocycles. The van der Waals surface area contributed by atoms with Crippen molar-refractivity contribution in [3.8, 4) is 5.75 Å². The monoisotopic (exact) mass is 730 g/mol. The molecule has 0 radical (unpaired) electrons.